The van der Waals surface area contributed by atoms with E-state index in [1.807, 2.05) is 6.92 Å². The summed E-state index contributed by atoms with van der Waals surface area (Å²) < 4.78 is 6.33. The number of hydrogen-bond acceptors (Lipinski definition) is 4. The third-order valence-corrected chi connectivity index (χ3v) is 2.84. The number of hydrogen-bond donors (Lipinski definition) is 2. The number of aryl methyl sites for hydroxylation is 1. The van der Waals surface area contributed by atoms with Gasteiger partial charge in [-0.3, -0.25) is 9.59 Å². The van der Waals surface area contributed by atoms with Crippen molar-refractivity contribution in [1.82, 2.24) is 9.88 Å². The Labute approximate surface area is 123 Å². The molecule has 7 heteroatoms. The lowest BCUT2D eigenvalue weighted by Gasteiger charge is -2.12. The van der Waals surface area contributed by atoms with Crippen molar-refractivity contribution in [2.45, 2.75) is 27.3 Å². The maximum Gasteiger partial charge on any atom is 0.319 e. The fraction of sp³-hybridized carbons (Fsp3) is 0.500. The zero-order valence-electron chi connectivity index (χ0n) is 12.5. The fourth-order valence-corrected chi connectivity index (χ4v) is 1.64. The summed E-state index contributed by atoms with van der Waals surface area (Å²) in [5.74, 6) is -0.766. The van der Waals surface area contributed by atoms with Crippen LogP contribution in [0.4, 0.5) is 10.5 Å². The Bertz CT molecular complexity index is 553. The van der Waals surface area contributed by atoms with Crippen LogP contribution in [0.1, 0.15) is 20.8 Å². The lowest BCUT2D eigenvalue weighted by Crippen LogP contribution is -2.35. The summed E-state index contributed by atoms with van der Waals surface area (Å²) in [6.07, 6.45) is 1.57. The first-order valence-corrected chi connectivity index (χ1v) is 6.89. The van der Waals surface area contributed by atoms with Crippen molar-refractivity contribution in [3.8, 4) is 0 Å². The van der Waals surface area contributed by atoms with E-state index in [0.29, 0.717) is 18.8 Å². The Morgan fingerprint density at radius 3 is 2.67 bits per heavy atom. The third kappa shape index (κ3) is 5.29. The van der Waals surface area contributed by atoms with Crippen LogP contribution in [0.15, 0.2) is 23.1 Å². The molecule has 0 saturated heterocycles. The largest absolute Gasteiger partial charge is 0.466 e. The molecule has 0 radical (unpaired) electrons. The highest BCUT2D eigenvalue weighted by molar-refractivity contribution is 5.89. The fourth-order valence-electron chi connectivity index (χ4n) is 1.64. The monoisotopic (exact) mass is 295 g/mol. The molecule has 1 rings (SSSR count). The number of anilines is 1. The molecule has 0 spiro atoms. The van der Waals surface area contributed by atoms with Crippen LogP contribution in [0.5, 0.6) is 0 Å². The molecule has 0 aromatic carbocycles. The van der Waals surface area contributed by atoms with Gasteiger partial charge in [0.1, 0.15) is 0 Å². The minimum atomic E-state index is -0.438. The standard InChI is InChI=1S/C14H21N3O4/c1-4-17-9-11(6-7-12(17)18)16-14(20)15-8-10(3)13(19)21-5-2/h6-7,9-10H,4-5,8H2,1-3H3,(H2,15,16,20). The van der Waals surface area contributed by atoms with E-state index in [-0.39, 0.29) is 18.1 Å². The Kier molecular flexibility index (Phi) is 6.45. The first-order chi connectivity index (χ1) is 9.97. The van der Waals surface area contributed by atoms with E-state index in [9.17, 15) is 14.4 Å². The van der Waals surface area contributed by atoms with E-state index in [2.05, 4.69) is 10.6 Å². The quantitative estimate of drug-likeness (QED) is 0.771. The molecule has 1 unspecified atom stereocenters. The lowest BCUT2D eigenvalue weighted by atomic mass is 10.2. The average Bonchev–Trinajstić information content (AvgIpc) is 2.47. The number of pyridine rings is 1. The smallest absolute Gasteiger partial charge is 0.319 e. The van der Waals surface area contributed by atoms with Gasteiger partial charge in [-0.25, -0.2) is 4.79 Å². The summed E-state index contributed by atoms with van der Waals surface area (Å²) >= 11 is 0. The Hall–Kier alpha value is -2.31. The third-order valence-electron chi connectivity index (χ3n) is 2.84. The molecule has 0 aliphatic heterocycles. The molecule has 7 nitrogen and oxygen atoms in total. The molecular weight excluding hydrogens is 274 g/mol. The Morgan fingerprint density at radius 2 is 2.05 bits per heavy atom. The molecule has 2 amide bonds. The lowest BCUT2D eigenvalue weighted by molar-refractivity contribution is -0.147. The maximum atomic E-state index is 11.7. The number of carbonyl (C=O) groups is 2. The number of nitrogens with one attached hydrogen (secondary N) is 2. The molecule has 1 atom stereocenters. The van der Waals surface area contributed by atoms with E-state index in [4.69, 9.17) is 4.74 Å². The molecule has 0 fully saturated rings. The Morgan fingerprint density at radius 1 is 1.33 bits per heavy atom. The summed E-state index contributed by atoms with van der Waals surface area (Å²) in [5.41, 5.74) is 0.386. The SMILES string of the molecule is CCOC(=O)C(C)CNC(=O)Nc1ccc(=O)n(CC)c1. The maximum absolute atomic E-state index is 11.7. The van der Waals surface area contributed by atoms with Crippen molar-refractivity contribution in [3.05, 3.63) is 28.7 Å². The van der Waals surface area contributed by atoms with Crippen LogP contribution in [0.25, 0.3) is 0 Å². The van der Waals surface area contributed by atoms with Gasteiger partial charge in [-0.1, -0.05) is 6.92 Å². The summed E-state index contributed by atoms with van der Waals surface area (Å²) in [7, 11) is 0. The molecule has 1 heterocycles. The number of aromatic nitrogens is 1. The second-order valence-corrected chi connectivity index (χ2v) is 4.53. The van der Waals surface area contributed by atoms with Crippen LogP contribution >= 0.6 is 0 Å². The highest BCUT2D eigenvalue weighted by Gasteiger charge is 2.14. The minimum Gasteiger partial charge on any atom is -0.466 e. The zero-order chi connectivity index (χ0) is 15.8. The molecule has 1 aromatic rings. The van der Waals surface area contributed by atoms with E-state index < -0.39 is 11.9 Å². The van der Waals surface area contributed by atoms with Crippen molar-refractivity contribution in [2.24, 2.45) is 5.92 Å². The van der Waals surface area contributed by atoms with Crippen molar-refractivity contribution >= 4 is 17.7 Å². The van der Waals surface area contributed by atoms with Crippen LogP contribution in [0.3, 0.4) is 0 Å². The predicted octanol–water partition coefficient (Wildman–Crippen LogP) is 1.19. The van der Waals surface area contributed by atoms with Gasteiger partial charge in [0, 0.05) is 25.4 Å². The van der Waals surface area contributed by atoms with Gasteiger partial charge in [0.05, 0.1) is 18.2 Å². The Balaban J connectivity index is 2.51. The van der Waals surface area contributed by atoms with Crippen molar-refractivity contribution in [3.63, 3.8) is 0 Å². The zero-order valence-corrected chi connectivity index (χ0v) is 12.5. The van der Waals surface area contributed by atoms with E-state index >= 15 is 0 Å². The van der Waals surface area contributed by atoms with Crippen LogP contribution in [0.2, 0.25) is 0 Å². The first kappa shape index (κ1) is 16.7. The summed E-state index contributed by atoms with van der Waals surface area (Å²) in [5, 5.41) is 5.19. The molecule has 1 aromatic heterocycles. The second-order valence-electron chi connectivity index (χ2n) is 4.53. The van der Waals surface area contributed by atoms with Gasteiger partial charge >= 0.3 is 12.0 Å². The van der Waals surface area contributed by atoms with Crippen LogP contribution in [-0.4, -0.2) is 29.7 Å². The van der Waals surface area contributed by atoms with Gasteiger partial charge in [0.2, 0.25) is 0 Å². The van der Waals surface area contributed by atoms with Crippen LogP contribution in [-0.2, 0) is 16.1 Å². The molecule has 116 valence electrons. The highest BCUT2D eigenvalue weighted by atomic mass is 16.5. The van der Waals surface area contributed by atoms with Crippen molar-refractivity contribution in [1.29, 1.82) is 0 Å². The van der Waals surface area contributed by atoms with E-state index in [0.717, 1.165) is 0 Å². The number of nitrogens with zero attached hydrogens (tertiary/aromatic N) is 1. The molecule has 0 bridgehead atoms. The molecule has 0 aliphatic carbocycles. The molecular formula is C14H21N3O4. The summed E-state index contributed by atoms with van der Waals surface area (Å²) in [6, 6.07) is 2.48. The van der Waals surface area contributed by atoms with Gasteiger partial charge < -0.3 is 19.9 Å². The number of rotatable bonds is 6. The molecule has 0 saturated carbocycles. The summed E-state index contributed by atoms with van der Waals surface area (Å²) in [6.45, 7) is 6.26. The van der Waals surface area contributed by atoms with Gasteiger partial charge in [-0.05, 0) is 19.9 Å². The van der Waals surface area contributed by atoms with Crippen LogP contribution in [0, 0.1) is 5.92 Å². The highest BCUT2D eigenvalue weighted by Crippen LogP contribution is 2.03. The van der Waals surface area contributed by atoms with E-state index in [1.54, 1.807) is 20.0 Å². The molecule has 0 aliphatic rings. The van der Waals surface area contributed by atoms with Gasteiger partial charge in [0.25, 0.3) is 5.56 Å². The van der Waals surface area contributed by atoms with Crippen molar-refractivity contribution < 1.29 is 14.3 Å². The topological polar surface area (TPSA) is 89.4 Å². The molecule has 21 heavy (non-hydrogen) atoms. The number of urea groups is 1. The van der Waals surface area contributed by atoms with Gasteiger partial charge in [0.15, 0.2) is 0 Å². The molecule has 2 N–H and O–H groups in total. The predicted molar refractivity (Wildman–Crippen MR) is 79.2 cm³/mol. The first-order valence-electron chi connectivity index (χ1n) is 6.89. The average molecular weight is 295 g/mol. The van der Waals surface area contributed by atoms with Crippen molar-refractivity contribution in [2.75, 3.05) is 18.5 Å². The summed E-state index contributed by atoms with van der Waals surface area (Å²) in [4.78, 5) is 34.5. The minimum absolute atomic E-state index is 0.126. The van der Waals surface area contributed by atoms with Gasteiger partial charge in [-0.2, -0.15) is 0 Å². The van der Waals surface area contributed by atoms with Gasteiger partial charge in [-0.15, -0.1) is 0 Å². The normalized spacial score (nSPS) is 11.6. The number of carbonyl (C=O) groups excluding carboxylic acids is 2. The van der Waals surface area contributed by atoms with E-state index in [1.165, 1.54) is 16.7 Å². The number of amides is 2. The number of ether oxygens (including phenoxy) is 1. The van der Waals surface area contributed by atoms with Crippen LogP contribution < -0.4 is 16.2 Å². The second kappa shape index (κ2) is 8.08. The number of esters is 1.